The topological polar surface area (TPSA) is 29.1 Å². The summed E-state index contributed by atoms with van der Waals surface area (Å²) in [5, 5.41) is 3.23. The van der Waals surface area contributed by atoms with E-state index in [1.807, 2.05) is 7.05 Å². The number of carbonyl (C=O) groups is 1. The molecule has 0 heterocycles. The summed E-state index contributed by atoms with van der Waals surface area (Å²) in [6.45, 7) is 14.5. The van der Waals surface area contributed by atoms with Crippen molar-refractivity contribution in [3.63, 3.8) is 0 Å². The number of allylic oxidation sites excluding steroid dienone is 1. The van der Waals surface area contributed by atoms with E-state index >= 15 is 0 Å². The van der Waals surface area contributed by atoms with Crippen molar-refractivity contribution in [1.29, 1.82) is 0 Å². The smallest absolute Gasteiger partial charge is 0.137 e. The number of carbonyl (C=O) groups excluding carboxylic acids is 1. The third-order valence-corrected chi connectivity index (χ3v) is 11.4. The van der Waals surface area contributed by atoms with Gasteiger partial charge in [0.1, 0.15) is 5.78 Å². The van der Waals surface area contributed by atoms with Gasteiger partial charge >= 0.3 is 0 Å². The molecule has 1 N–H and O–H groups in total. The highest BCUT2D eigenvalue weighted by Crippen LogP contribution is 2.27. The summed E-state index contributed by atoms with van der Waals surface area (Å²) in [5.41, 5.74) is 1.50. The van der Waals surface area contributed by atoms with Crippen LogP contribution >= 0.6 is 0 Å². The predicted octanol–water partition coefficient (Wildman–Crippen LogP) is 15.5. The van der Waals surface area contributed by atoms with E-state index in [1.54, 1.807) is 0 Å². The highest BCUT2D eigenvalue weighted by molar-refractivity contribution is 5.81. The van der Waals surface area contributed by atoms with Gasteiger partial charge in [0, 0.05) is 18.9 Å². The first-order valence-corrected chi connectivity index (χ1v) is 22.4. The molecule has 0 bridgehead atoms. The van der Waals surface area contributed by atoms with Crippen LogP contribution in [0.2, 0.25) is 0 Å². The number of ketones is 1. The van der Waals surface area contributed by atoms with E-state index in [0.717, 1.165) is 37.6 Å². The van der Waals surface area contributed by atoms with Crippen LogP contribution in [0.1, 0.15) is 246 Å². The van der Waals surface area contributed by atoms with Gasteiger partial charge in [0.05, 0.1) is 0 Å². The number of nitrogens with one attached hydrogen (secondary N) is 1. The first-order valence-electron chi connectivity index (χ1n) is 22.4. The molecule has 0 radical (unpaired) electrons. The molecule has 2 atom stereocenters. The van der Waals surface area contributed by atoms with Crippen molar-refractivity contribution < 1.29 is 4.79 Å². The van der Waals surface area contributed by atoms with Crippen molar-refractivity contribution in [2.24, 2.45) is 17.8 Å². The molecule has 0 saturated heterocycles. The molecule has 286 valence electrons. The van der Waals surface area contributed by atoms with E-state index in [2.05, 4.69) is 39.6 Å². The Morgan fingerprint density at radius 2 is 0.812 bits per heavy atom. The van der Waals surface area contributed by atoms with Crippen LogP contribution in [0.3, 0.4) is 0 Å². The van der Waals surface area contributed by atoms with Crippen LogP contribution in [0.4, 0.5) is 0 Å². The Balaban J connectivity index is 4.46. The van der Waals surface area contributed by atoms with Gasteiger partial charge in [0.25, 0.3) is 0 Å². The van der Waals surface area contributed by atoms with Crippen LogP contribution in [0.15, 0.2) is 12.2 Å². The minimum Gasteiger partial charge on any atom is -0.319 e. The predicted molar refractivity (Wildman–Crippen MR) is 218 cm³/mol. The van der Waals surface area contributed by atoms with Gasteiger partial charge in [-0.05, 0) is 57.4 Å². The molecular weight excluding hydrogens is 583 g/mol. The standard InChI is InChI=1S/C46H91NO/c1-7-11-14-17-20-21-24-29-36-44(39-40-46(48)45(10-4)41-47-6)37-30-25-26-32-42(5)33-31-38-43(34-27-22-18-15-12-8-2)35-28-23-19-16-13-9-3/h43-45,47H,5,7-41H2,1-4,6H3. The molecule has 0 aromatic rings. The second-order valence-corrected chi connectivity index (χ2v) is 16.0. The maximum Gasteiger partial charge on any atom is 0.137 e. The van der Waals surface area contributed by atoms with Crippen molar-refractivity contribution in [3.05, 3.63) is 12.2 Å². The summed E-state index contributed by atoms with van der Waals surface area (Å²) in [6.07, 6.45) is 45.9. The van der Waals surface area contributed by atoms with Gasteiger partial charge in [0.15, 0.2) is 0 Å². The average Bonchev–Trinajstić information content (AvgIpc) is 3.09. The van der Waals surface area contributed by atoms with E-state index in [4.69, 9.17) is 0 Å². The minimum absolute atomic E-state index is 0.200. The zero-order chi connectivity index (χ0) is 35.3. The number of unbranched alkanes of at least 4 members (excludes halogenated alkanes) is 19. The fraction of sp³-hybridized carbons (Fsp3) is 0.935. The molecule has 2 unspecified atom stereocenters. The molecule has 0 aliphatic rings. The molecule has 0 aromatic carbocycles. The van der Waals surface area contributed by atoms with Crippen molar-refractivity contribution >= 4 is 5.78 Å². The quantitative estimate of drug-likeness (QED) is 0.0518. The second kappa shape index (κ2) is 37.6. The van der Waals surface area contributed by atoms with Crippen molar-refractivity contribution in [1.82, 2.24) is 5.32 Å². The Morgan fingerprint density at radius 1 is 0.458 bits per heavy atom. The van der Waals surface area contributed by atoms with E-state index < -0.39 is 0 Å². The van der Waals surface area contributed by atoms with Crippen molar-refractivity contribution in [2.45, 2.75) is 246 Å². The van der Waals surface area contributed by atoms with Crippen LogP contribution in [0.25, 0.3) is 0 Å². The Hall–Kier alpha value is -0.630. The first-order chi connectivity index (χ1) is 23.5. The number of hydrogen-bond acceptors (Lipinski definition) is 2. The fourth-order valence-corrected chi connectivity index (χ4v) is 7.89. The summed E-state index contributed by atoms with van der Waals surface area (Å²) >= 11 is 0. The molecule has 0 fully saturated rings. The van der Waals surface area contributed by atoms with Crippen LogP contribution in [-0.2, 0) is 4.79 Å². The Morgan fingerprint density at radius 3 is 1.23 bits per heavy atom. The third kappa shape index (κ3) is 31.4. The molecule has 48 heavy (non-hydrogen) atoms. The summed E-state index contributed by atoms with van der Waals surface area (Å²) in [4.78, 5) is 12.9. The first kappa shape index (κ1) is 47.4. The molecule has 2 heteroatoms. The largest absolute Gasteiger partial charge is 0.319 e. The lowest BCUT2D eigenvalue weighted by Crippen LogP contribution is -2.26. The van der Waals surface area contributed by atoms with Crippen molar-refractivity contribution in [2.75, 3.05) is 13.6 Å². The average molecular weight is 674 g/mol. The number of rotatable bonds is 40. The normalized spacial score (nSPS) is 13.0. The molecule has 0 aliphatic carbocycles. The van der Waals surface area contributed by atoms with Crippen LogP contribution in [0.5, 0.6) is 0 Å². The van der Waals surface area contributed by atoms with Gasteiger partial charge in [-0.25, -0.2) is 0 Å². The molecule has 0 aromatic heterocycles. The van der Waals surface area contributed by atoms with Gasteiger partial charge in [-0.1, -0.05) is 213 Å². The van der Waals surface area contributed by atoms with Gasteiger partial charge < -0.3 is 5.32 Å². The van der Waals surface area contributed by atoms with Gasteiger partial charge in [-0.2, -0.15) is 0 Å². The fourth-order valence-electron chi connectivity index (χ4n) is 7.89. The lowest BCUT2D eigenvalue weighted by Gasteiger charge is -2.19. The second-order valence-electron chi connectivity index (χ2n) is 16.0. The van der Waals surface area contributed by atoms with E-state index in [-0.39, 0.29) is 5.92 Å². The van der Waals surface area contributed by atoms with Gasteiger partial charge in [-0.15, -0.1) is 0 Å². The maximum atomic E-state index is 12.9. The molecule has 2 nitrogen and oxygen atoms in total. The maximum absolute atomic E-state index is 12.9. The zero-order valence-corrected chi connectivity index (χ0v) is 34.1. The molecular formula is C46H91NO. The molecule has 0 spiro atoms. The van der Waals surface area contributed by atoms with Crippen LogP contribution in [0, 0.1) is 17.8 Å². The van der Waals surface area contributed by atoms with E-state index in [1.165, 1.54) is 205 Å². The molecule has 0 amide bonds. The molecule has 0 rings (SSSR count). The lowest BCUT2D eigenvalue weighted by atomic mass is 9.87. The van der Waals surface area contributed by atoms with E-state index in [9.17, 15) is 4.79 Å². The molecule has 0 saturated carbocycles. The monoisotopic (exact) mass is 674 g/mol. The van der Waals surface area contributed by atoms with Gasteiger partial charge in [0.2, 0.25) is 0 Å². The highest BCUT2D eigenvalue weighted by atomic mass is 16.1. The Labute approximate surface area is 304 Å². The molecule has 0 aliphatic heterocycles. The van der Waals surface area contributed by atoms with Gasteiger partial charge in [-0.3, -0.25) is 4.79 Å². The lowest BCUT2D eigenvalue weighted by molar-refractivity contribution is -0.123. The Kier molecular flexibility index (Phi) is 37.1. The highest BCUT2D eigenvalue weighted by Gasteiger charge is 2.18. The zero-order valence-electron chi connectivity index (χ0n) is 34.1. The van der Waals surface area contributed by atoms with Crippen LogP contribution < -0.4 is 5.32 Å². The summed E-state index contributed by atoms with van der Waals surface area (Å²) < 4.78 is 0. The third-order valence-electron chi connectivity index (χ3n) is 11.4. The van der Waals surface area contributed by atoms with E-state index in [0.29, 0.717) is 5.78 Å². The SMILES string of the molecule is C=C(CCCCCC(CCCCCCCCCC)CCC(=O)C(CC)CNC)CCCC(CCCCCCCC)CCCCCCCC. The number of Topliss-reactive ketones (excluding diaryl/α,β-unsaturated/α-hetero) is 1. The summed E-state index contributed by atoms with van der Waals surface area (Å²) in [6, 6.07) is 0. The van der Waals surface area contributed by atoms with Crippen LogP contribution in [-0.4, -0.2) is 19.4 Å². The summed E-state index contributed by atoms with van der Waals surface area (Å²) in [5.74, 6) is 2.38. The minimum atomic E-state index is 0.200. The number of hydrogen-bond donors (Lipinski definition) is 1. The van der Waals surface area contributed by atoms with Crippen molar-refractivity contribution in [3.8, 4) is 0 Å². The summed E-state index contributed by atoms with van der Waals surface area (Å²) in [7, 11) is 1.97. The Bertz CT molecular complexity index is 655.